The van der Waals surface area contributed by atoms with Gasteiger partial charge in [-0.15, -0.1) is 10.2 Å². The third kappa shape index (κ3) is 5.79. The summed E-state index contributed by atoms with van der Waals surface area (Å²) < 4.78 is 0. The minimum atomic E-state index is -0.146. The van der Waals surface area contributed by atoms with Crippen LogP contribution in [0.15, 0.2) is 54.9 Å². The van der Waals surface area contributed by atoms with Crippen LogP contribution in [-0.4, -0.2) is 69.7 Å². The summed E-state index contributed by atoms with van der Waals surface area (Å²) in [6, 6.07) is 12.4. The molecule has 9 heteroatoms. The molecule has 5 aliphatic rings. The number of anilines is 1. The Kier molecular flexibility index (Phi) is 7.21. The summed E-state index contributed by atoms with van der Waals surface area (Å²) in [6.07, 6.45) is 10.9. The van der Waals surface area contributed by atoms with Gasteiger partial charge in [-0.05, 0) is 92.0 Å². The lowest BCUT2D eigenvalue weighted by atomic mass is 9.49. The summed E-state index contributed by atoms with van der Waals surface area (Å²) in [5, 5.41) is 21.5. The average molecular weight is 577 g/mol. The first-order valence-electron chi connectivity index (χ1n) is 15.3. The van der Waals surface area contributed by atoms with Crippen LogP contribution in [0, 0.1) is 35.0 Å². The molecule has 2 aromatic heterocycles. The average Bonchev–Trinajstić information content (AvgIpc) is 3.02. The zero-order valence-corrected chi connectivity index (χ0v) is 24.2. The Hall–Kier alpha value is -4.45. The molecule has 4 bridgehead atoms. The molecule has 8 rings (SSSR count). The number of amides is 2. The molecule has 220 valence electrons. The van der Waals surface area contributed by atoms with Crippen LogP contribution in [-0.2, 0) is 0 Å². The number of pyridine rings is 1. The maximum Gasteiger partial charge on any atom is 0.271 e. The van der Waals surface area contributed by atoms with Gasteiger partial charge in [-0.25, -0.2) is 0 Å². The van der Waals surface area contributed by atoms with Gasteiger partial charge in [-0.2, -0.15) is 0 Å². The molecule has 0 atom stereocenters. The molecular formula is C34H36N6O3. The number of aromatic nitrogens is 3. The number of piperazine rings is 1. The standard InChI is InChI=1S/C34H36N6O3/c41-28-16-23(20-35-21-28)5-6-27-3-1-2-4-29(27)33(43)40-11-9-39(10-12-40)31-8-7-30(37-38-31)32(42)36-22-34-17-24-13-25(18-34)15-26(14-24)19-34/h1-4,7-8,16,20-21,24-26,41H,9-15,17-19,22H2,(H,36,42). The van der Waals surface area contributed by atoms with Crippen molar-refractivity contribution in [3.63, 3.8) is 0 Å². The normalized spacial score (nSPS) is 25.6. The SMILES string of the molecule is O=C(NCC12CC3CC(CC(C3)C1)C2)c1ccc(N2CCN(C(=O)c3ccccc3C#Cc3cncc(O)c3)CC2)nn1. The number of rotatable bonds is 5. The number of benzene rings is 1. The van der Waals surface area contributed by atoms with Crippen LogP contribution in [0.2, 0.25) is 0 Å². The summed E-state index contributed by atoms with van der Waals surface area (Å²) in [4.78, 5) is 34.2. The molecule has 4 aliphatic carbocycles. The molecule has 2 N–H and O–H groups in total. The van der Waals surface area contributed by atoms with Crippen molar-refractivity contribution in [1.82, 2.24) is 25.4 Å². The Morgan fingerprint density at radius 1 is 0.907 bits per heavy atom. The maximum atomic E-state index is 13.4. The summed E-state index contributed by atoms with van der Waals surface area (Å²) in [7, 11) is 0. The first-order valence-corrected chi connectivity index (χ1v) is 15.3. The van der Waals surface area contributed by atoms with Crippen LogP contribution in [0.4, 0.5) is 5.82 Å². The van der Waals surface area contributed by atoms with Crippen LogP contribution in [0.5, 0.6) is 5.75 Å². The van der Waals surface area contributed by atoms with Crippen LogP contribution in [0.3, 0.4) is 0 Å². The van der Waals surface area contributed by atoms with Gasteiger partial charge in [-0.3, -0.25) is 14.6 Å². The lowest BCUT2D eigenvalue weighted by Crippen LogP contribution is -2.51. The minimum absolute atomic E-state index is 0.0455. The summed E-state index contributed by atoms with van der Waals surface area (Å²) in [5.41, 5.74) is 2.37. The first-order chi connectivity index (χ1) is 20.9. The van der Waals surface area contributed by atoms with Gasteiger partial charge in [0.15, 0.2) is 11.5 Å². The van der Waals surface area contributed by atoms with Crippen molar-refractivity contribution in [3.8, 4) is 17.6 Å². The summed E-state index contributed by atoms with van der Waals surface area (Å²) in [5.74, 6) is 9.14. The van der Waals surface area contributed by atoms with E-state index in [2.05, 4.69) is 37.2 Å². The van der Waals surface area contributed by atoms with Gasteiger partial charge in [0.1, 0.15) is 5.75 Å². The lowest BCUT2D eigenvalue weighted by molar-refractivity contribution is -0.0503. The Morgan fingerprint density at radius 3 is 2.30 bits per heavy atom. The van der Waals surface area contributed by atoms with Crippen LogP contribution in [0.1, 0.15) is 70.5 Å². The second kappa shape index (κ2) is 11.3. The molecule has 0 unspecified atom stereocenters. The van der Waals surface area contributed by atoms with Crippen LogP contribution >= 0.6 is 0 Å². The molecule has 9 nitrogen and oxygen atoms in total. The van der Waals surface area contributed by atoms with Crippen LogP contribution < -0.4 is 10.2 Å². The van der Waals surface area contributed by atoms with E-state index in [9.17, 15) is 14.7 Å². The van der Waals surface area contributed by atoms with Gasteiger partial charge >= 0.3 is 0 Å². The van der Waals surface area contributed by atoms with Crippen molar-refractivity contribution >= 4 is 17.6 Å². The molecule has 43 heavy (non-hydrogen) atoms. The fourth-order valence-electron chi connectivity index (χ4n) is 8.20. The smallest absolute Gasteiger partial charge is 0.271 e. The molecule has 3 aromatic rings. The largest absolute Gasteiger partial charge is 0.506 e. The van der Waals surface area contributed by atoms with E-state index >= 15 is 0 Å². The van der Waals surface area contributed by atoms with E-state index < -0.39 is 0 Å². The molecule has 1 aliphatic heterocycles. The number of carbonyl (C=O) groups is 2. The van der Waals surface area contributed by atoms with E-state index in [-0.39, 0.29) is 23.0 Å². The second-order valence-electron chi connectivity index (χ2n) is 12.9. The number of nitrogens with one attached hydrogen (secondary N) is 1. The Morgan fingerprint density at radius 2 is 1.63 bits per heavy atom. The highest BCUT2D eigenvalue weighted by molar-refractivity contribution is 5.97. The molecule has 5 fully saturated rings. The van der Waals surface area contributed by atoms with Gasteiger partial charge in [-0.1, -0.05) is 24.0 Å². The number of hydrogen-bond donors (Lipinski definition) is 2. The van der Waals surface area contributed by atoms with Gasteiger partial charge < -0.3 is 20.2 Å². The lowest BCUT2D eigenvalue weighted by Gasteiger charge is -2.56. The zero-order chi connectivity index (χ0) is 29.4. The highest BCUT2D eigenvalue weighted by atomic mass is 16.3. The number of aromatic hydroxyl groups is 1. The second-order valence-corrected chi connectivity index (χ2v) is 12.9. The molecule has 2 amide bonds. The van der Waals surface area contributed by atoms with Crippen LogP contribution in [0.25, 0.3) is 0 Å². The van der Waals surface area contributed by atoms with Crippen molar-refractivity contribution in [3.05, 3.63) is 77.2 Å². The monoisotopic (exact) mass is 576 g/mol. The predicted molar refractivity (Wildman–Crippen MR) is 161 cm³/mol. The van der Waals surface area contributed by atoms with Gasteiger partial charge in [0, 0.05) is 50.0 Å². The van der Waals surface area contributed by atoms with E-state index in [4.69, 9.17) is 0 Å². The molecular weight excluding hydrogens is 540 g/mol. The number of nitrogens with zero attached hydrogens (tertiary/aromatic N) is 5. The number of carbonyl (C=O) groups excluding carboxylic acids is 2. The molecule has 1 saturated heterocycles. The van der Waals surface area contributed by atoms with Crippen molar-refractivity contribution in [2.24, 2.45) is 23.2 Å². The summed E-state index contributed by atoms with van der Waals surface area (Å²) in [6.45, 7) is 3.04. The Balaban J connectivity index is 0.939. The highest BCUT2D eigenvalue weighted by Gasteiger charge is 2.50. The molecule has 0 radical (unpaired) electrons. The maximum absolute atomic E-state index is 13.4. The van der Waals surface area contributed by atoms with E-state index in [1.807, 2.05) is 29.2 Å². The predicted octanol–water partition coefficient (Wildman–Crippen LogP) is 3.89. The third-order valence-corrected chi connectivity index (χ3v) is 9.79. The van der Waals surface area contributed by atoms with Gasteiger partial charge in [0.2, 0.25) is 0 Å². The van der Waals surface area contributed by atoms with Crippen molar-refractivity contribution in [2.75, 3.05) is 37.6 Å². The number of hydrogen-bond acceptors (Lipinski definition) is 7. The Bertz CT molecular complexity index is 1550. The van der Waals surface area contributed by atoms with Crippen molar-refractivity contribution in [2.45, 2.75) is 38.5 Å². The van der Waals surface area contributed by atoms with Gasteiger partial charge in [0.25, 0.3) is 11.8 Å². The molecule has 1 aromatic carbocycles. The van der Waals surface area contributed by atoms with E-state index in [1.165, 1.54) is 50.8 Å². The quantitative estimate of drug-likeness (QED) is 0.444. The Labute approximate surface area is 251 Å². The minimum Gasteiger partial charge on any atom is -0.506 e. The topological polar surface area (TPSA) is 112 Å². The molecule has 4 saturated carbocycles. The van der Waals surface area contributed by atoms with Crippen molar-refractivity contribution < 1.29 is 14.7 Å². The van der Waals surface area contributed by atoms with E-state index in [0.717, 1.165) is 24.3 Å². The molecule has 3 heterocycles. The zero-order valence-electron chi connectivity index (χ0n) is 24.2. The van der Waals surface area contributed by atoms with Crippen molar-refractivity contribution in [1.29, 1.82) is 0 Å². The summed E-state index contributed by atoms with van der Waals surface area (Å²) >= 11 is 0. The molecule has 0 spiro atoms. The highest BCUT2D eigenvalue weighted by Crippen LogP contribution is 2.59. The van der Waals surface area contributed by atoms with E-state index in [1.54, 1.807) is 18.3 Å². The van der Waals surface area contributed by atoms with Gasteiger partial charge in [0.05, 0.1) is 11.8 Å². The third-order valence-electron chi connectivity index (χ3n) is 9.79. The fraction of sp³-hybridized carbons (Fsp3) is 0.441. The van der Waals surface area contributed by atoms with E-state index in [0.29, 0.717) is 54.4 Å². The first kappa shape index (κ1) is 27.4. The fourth-order valence-corrected chi connectivity index (χ4v) is 8.20.